The van der Waals surface area contributed by atoms with Gasteiger partial charge in [0.2, 0.25) is 5.91 Å². The number of carbonyl (C=O) groups excluding carboxylic acids is 1. The van der Waals surface area contributed by atoms with E-state index in [4.69, 9.17) is 0 Å². The summed E-state index contributed by atoms with van der Waals surface area (Å²) in [6.45, 7) is 21.6. The fourth-order valence-electron chi connectivity index (χ4n) is 12.6. The summed E-state index contributed by atoms with van der Waals surface area (Å²) in [5, 5.41) is 22.7. The summed E-state index contributed by atoms with van der Waals surface area (Å²) in [5.74, 6) is 2.94. The topological polar surface area (TPSA) is 107 Å². The quantitative estimate of drug-likeness (QED) is 0.227. The van der Waals surface area contributed by atoms with Crippen LogP contribution < -0.4 is 10.8 Å². The minimum atomic E-state index is -2.92. The van der Waals surface area contributed by atoms with Gasteiger partial charge in [0, 0.05) is 26.2 Å². The Kier molecular flexibility index (Phi) is 10.9. The molecule has 1 aromatic carbocycles. The lowest BCUT2D eigenvalue weighted by Gasteiger charge is -2.64. The summed E-state index contributed by atoms with van der Waals surface area (Å²) in [4.78, 5) is 16.6. The molecule has 4 aliphatic carbocycles. The summed E-state index contributed by atoms with van der Waals surface area (Å²) in [7, 11) is -4.38. The van der Waals surface area contributed by atoms with Gasteiger partial charge in [0.1, 0.15) is 0 Å². The first-order valence-electron chi connectivity index (χ1n) is 20.0. The van der Waals surface area contributed by atoms with Crippen molar-refractivity contribution in [3.63, 3.8) is 0 Å². The zero-order valence-electron chi connectivity index (χ0n) is 32.3. The Morgan fingerprint density at radius 3 is 2.25 bits per heavy atom. The molecule has 5 aliphatic rings. The van der Waals surface area contributed by atoms with Crippen LogP contribution in [-0.2, 0) is 14.6 Å². The molecule has 6 rings (SSSR count). The first-order valence-corrected chi connectivity index (χ1v) is 21.8. The molecule has 1 saturated heterocycles. The van der Waals surface area contributed by atoms with Crippen LogP contribution in [0.1, 0.15) is 111 Å². The van der Waals surface area contributed by atoms with E-state index in [0.29, 0.717) is 61.2 Å². The van der Waals surface area contributed by atoms with E-state index >= 15 is 0 Å². The van der Waals surface area contributed by atoms with Gasteiger partial charge in [-0.25, -0.2) is 8.42 Å². The zero-order chi connectivity index (χ0) is 37.0. The summed E-state index contributed by atoms with van der Waals surface area (Å²) in [6, 6.07) is 7.81. The normalized spacial score (nSPS) is 38.0. The molecular formula is C42H65BN2O5S. The fraction of sp³-hybridized carbons (Fsp3) is 0.738. The second kappa shape index (κ2) is 14.4. The Hall–Kier alpha value is -1.94. The molecule has 0 bridgehead atoms. The molecule has 3 saturated carbocycles. The lowest BCUT2D eigenvalue weighted by molar-refractivity contribution is -0.139. The van der Waals surface area contributed by atoms with Crippen LogP contribution in [0, 0.1) is 51.2 Å². The van der Waals surface area contributed by atoms with Gasteiger partial charge in [-0.15, -0.1) is 0 Å². The molecule has 9 heteroatoms. The number of hydrogen-bond donors (Lipinski definition) is 3. The van der Waals surface area contributed by atoms with Gasteiger partial charge in [0.15, 0.2) is 9.84 Å². The van der Waals surface area contributed by atoms with Crippen LogP contribution in [0.2, 0.25) is 0 Å². The standard InChI is InChI=1S/C42H65BN2O5S/c1-29(2)33-16-22-42(38(46)44-23-24-45-25-27-51(49,50)28-26-45)21-15-30(3)40(6)20-18-36-39(4,5)34(31-11-13-32(14-12-31)43(47)48)17-19-41(36,7)37(40)10-8-9-35(33)42/h11-14,17,30,33,35-37,47-48H,1,8-10,15-16,18-28H2,2-7H3,(H,44,46). The highest BCUT2D eigenvalue weighted by molar-refractivity contribution is 7.91. The van der Waals surface area contributed by atoms with Crippen molar-refractivity contribution in [2.24, 2.45) is 51.2 Å². The van der Waals surface area contributed by atoms with E-state index in [-0.39, 0.29) is 39.1 Å². The Bertz CT molecular complexity index is 1590. The van der Waals surface area contributed by atoms with Crippen molar-refractivity contribution < 1.29 is 23.3 Å². The van der Waals surface area contributed by atoms with Crippen molar-refractivity contribution in [1.29, 1.82) is 0 Å². The highest BCUT2D eigenvalue weighted by Gasteiger charge is 2.61. The van der Waals surface area contributed by atoms with Crippen molar-refractivity contribution in [1.82, 2.24) is 10.2 Å². The van der Waals surface area contributed by atoms with E-state index < -0.39 is 17.0 Å². The molecule has 1 aromatic rings. The van der Waals surface area contributed by atoms with Crippen LogP contribution >= 0.6 is 0 Å². The third-order valence-corrected chi connectivity index (χ3v) is 17.3. The summed E-state index contributed by atoms with van der Waals surface area (Å²) in [5.41, 5.74) is 4.28. The average Bonchev–Trinajstić information content (AvgIpc) is 3.45. The van der Waals surface area contributed by atoms with Crippen LogP contribution in [0.15, 0.2) is 42.5 Å². The monoisotopic (exact) mass is 720 g/mol. The van der Waals surface area contributed by atoms with E-state index in [9.17, 15) is 23.3 Å². The van der Waals surface area contributed by atoms with Gasteiger partial charge in [-0.1, -0.05) is 83.5 Å². The van der Waals surface area contributed by atoms with Gasteiger partial charge >= 0.3 is 7.12 Å². The van der Waals surface area contributed by atoms with Crippen molar-refractivity contribution >= 4 is 33.9 Å². The van der Waals surface area contributed by atoms with E-state index in [2.05, 4.69) is 76.5 Å². The predicted octanol–water partition coefficient (Wildman–Crippen LogP) is 6.25. The molecule has 7 nitrogen and oxygen atoms in total. The molecule has 8 atom stereocenters. The second-order valence-electron chi connectivity index (χ2n) is 18.6. The van der Waals surface area contributed by atoms with Crippen LogP contribution in [0.4, 0.5) is 0 Å². The molecule has 4 fully saturated rings. The van der Waals surface area contributed by atoms with Crippen LogP contribution in [0.25, 0.3) is 5.57 Å². The maximum atomic E-state index is 14.5. The first kappa shape index (κ1) is 38.8. The number of carbonyl (C=O) groups is 1. The Morgan fingerprint density at radius 2 is 1.61 bits per heavy atom. The minimum absolute atomic E-state index is 0.0154. The Balaban J connectivity index is 1.23. The van der Waals surface area contributed by atoms with E-state index in [1.165, 1.54) is 36.0 Å². The van der Waals surface area contributed by atoms with Gasteiger partial charge in [0.05, 0.1) is 16.9 Å². The molecule has 0 radical (unpaired) electrons. The van der Waals surface area contributed by atoms with Crippen LogP contribution in [0.5, 0.6) is 0 Å². The lowest BCUT2D eigenvalue weighted by atomic mass is 9.40. The van der Waals surface area contributed by atoms with Crippen molar-refractivity contribution in [2.45, 2.75) is 106 Å². The SMILES string of the molecule is C=C(C)C1CCC2(C(=O)NCCN3CCS(=O)(=O)CC3)CCC(C)C3(C)CCC4C(C)(C)C(c5ccc(B(O)O)cc5)=CCC4(C)C3CCCC12. The smallest absolute Gasteiger partial charge is 0.423 e. The fourth-order valence-corrected chi connectivity index (χ4v) is 13.8. The average molecular weight is 721 g/mol. The highest BCUT2D eigenvalue weighted by Crippen LogP contribution is 2.69. The molecule has 1 amide bonds. The highest BCUT2D eigenvalue weighted by atomic mass is 32.2. The number of fused-ring (bicyclic) bond motifs is 4. The second-order valence-corrected chi connectivity index (χ2v) is 20.9. The summed E-state index contributed by atoms with van der Waals surface area (Å²) in [6.07, 6.45) is 13.3. The van der Waals surface area contributed by atoms with Gasteiger partial charge in [-0.2, -0.15) is 0 Å². The Morgan fingerprint density at radius 1 is 0.941 bits per heavy atom. The van der Waals surface area contributed by atoms with Crippen LogP contribution in [-0.4, -0.2) is 74.1 Å². The number of benzene rings is 1. The number of nitrogens with zero attached hydrogens (tertiary/aromatic N) is 1. The molecule has 0 spiro atoms. The summed E-state index contributed by atoms with van der Waals surface area (Å²) >= 11 is 0. The van der Waals surface area contributed by atoms with E-state index in [0.717, 1.165) is 44.9 Å². The molecule has 0 aromatic heterocycles. The largest absolute Gasteiger partial charge is 0.488 e. The number of rotatable bonds is 7. The molecule has 1 heterocycles. The Labute approximate surface area is 309 Å². The number of amides is 1. The zero-order valence-corrected chi connectivity index (χ0v) is 33.2. The summed E-state index contributed by atoms with van der Waals surface area (Å²) < 4.78 is 23.9. The lowest BCUT2D eigenvalue weighted by Crippen LogP contribution is -2.56. The van der Waals surface area contributed by atoms with Gasteiger partial charge in [-0.05, 0) is 127 Å². The number of hydrogen-bond acceptors (Lipinski definition) is 6. The third-order valence-electron chi connectivity index (χ3n) is 15.7. The van der Waals surface area contributed by atoms with Gasteiger partial charge in [-0.3, -0.25) is 9.69 Å². The van der Waals surface area contributed by atoms with Crippen molar-refractivity contribution in [2.75, 3.05) is 37.7 Å². The van der Waals surface area contributed by atoms with E-state index in [1.807, 2.05) is 12.1 Å². The molecular weight excluding hydrogens is 655 g/mol. The van der Waals surface area contributed by atoms with Gasteiger partial charge < -0.3 is 15.4 Å². The van der Waals surface area contributed by atoms with Crippen molar-refractivity contribution in [3.8, 4) is 0 Å². The molecule has 3 N–H and O–H groups in total. The molecule has 282 valence electrons. The van der Waals surface area contributed by atoms with Crippen molar-refractivity contribution in [3.05, 3.63) is 48.1 Å². The van der Waals surface area contributed by atoms with E-state index in [1.54, 1.807) is 0 Å². The molecule has 8 unspecified atom stereocenters. The number of nitrogens with one attached hydrogen (secondary N) is 1. The predicted molar refractivity (Wildman–Crippen MR) is 209 cm³/mol. The number of sulfone groups is 1. The number of allylic oxidation sites excluding steroid dienone is 3. The minimum Gasteiger partial charge on any atom is -0.423 e. The maximum Gasteiger partial charge on any atom is 0.488 e. The van der Waals surface area contributed by atoms with Gasteiger partial charge in [0.25, 0.3) is 0 Å². The molecule has 1 aliphatic heterocycles. The maximum absolute atomic E-state index is 14.5. The van der Waals surface area contributed by atoms with Crippen LogP contribution in [0.3, 0.4) is 0 Å². The molecule has 51 heavy (non-hydrogen) atoms. The third kappa shape index (κ3) is 7.08. The first-order chi connectivity index (χ1) is 23.9.